The van der Waals surface area contributed by atoms with Crippen molar-refractivity contribution in [3.05, 3.63) is 100 Å². The van der Waals surface area contributed by atoms with Gasteiger partial charge >= 0.3 is 0 Å². The Morgan fingerprint density at radius 3 is 2.36 bits per heavy atom. The standard InChI is InChI=1S/C26H32N2.C9H12.C2H6/c1-6-7-9-18(2)20-10-8-11-21-22-16-19(17-26(3,4)5)12-13-23(22)28-15-14-27-25(28)24(20)21;1-7-5-4-6-8(2)9(7)3;1-2/h7-9,11-16,18,20H,6,10,17H2,1-5H3;4-6H,1-3H3;1-2H3. The normalized spacial score (nSPS) is 15.5. The van der Waals surface area contributed by atoms with Gasteiger partial charge in [-0.05, 0) is 97.2 Å². The number of hydrogen-bond acceptors (Lipinski definition) is 1. The molecule has 2 aromatic carbocycles. The van der Waals surface area contributed by atoms with E-state index in [0.29, 0.717) is 11.8 Å². The van der Waals surface area contributed by atoms with Crippen molar-refractivity contribution in [1.29, 1.82) is 0 Å². The van der Waals surface area contributed by atoms with E-state index < -0.39 is 0 Å². The molecule has 0 aliphatic heterocycles. The van der Waals surface area contributed by atoms with Crippen molar-refractivity contribution in [2.24, 2.45) is 11.3 Å². The Kier molecular flexibility index (Phi) is 10.4. The zero-order chi connectivity index (χ0) is 28.7. The highest BCUT2D eigenvalue weighted by atomic mass is 15.0. The fraction of sp³-hybridized carbons (Fsp3) is 0.432. The predicted molar refractivity (Wildman–Crippen MR) is 173 cm³/mol. The number of fused-ring (bicyclic) bond motifs is 6. The number of rotatable bonds is 4. The number of imidazole rings is 1. The molecule has 0 spiro atoms. The van der Waals surface area contributed by atoms with Crippen molar-refractivity contribution in [3.8, 4) is 0 Å². The lowest BCUT2D eigenvalue weighted by Crippen LogP contribution is -2.14. The SMILES string of the molecule is CC.CCC=CC(C)C1CC=Cc2c1c1nccn1c1ccc(CC(C)(C)C)cc21.Cc1cccc(C)c1C. The Bertz CT molecular complexity index is 1420. The summed E-state index contributed by atoms with van der Waals surface area (Å²) in [7, 11) is 0. The van der Waals surface area contributed by atoms with Gasteiger partial charge in [-0.1, -0.05) is 97.0 Å². The number of allylic oxidation sites excluding steroid dienone is 3. The van der Waals surface area contributed by atoms with Gasteiger partial charge in [0, 0.05) is 23.3 Å². The van der Waals surface area contributed by atoms with Gasteiger partial charge in [0.05, 0.1) is 5.52 Å². The van der Waals surface area contributed by atoms with E-state index in [1.807, 2.05) is 20.0 Å². The highest BCUT2D eigenvalue weighted by Crippen LogP contribution is 2.42. The van der Waals surface area contributed by atoms with Gasteiger partial charge in [0.15, 0.2) is 0 Å². The maximum atomic E-state index is 4.78. The summed E-state index contributed by atoms with van der Waals surface area (Å²) in [5.74, 6) is 0.975. The maximum Gasteiger partial charge on any atom is 0.141 e. The first kappa shape index (κ1) is 30.4. The molecule has 2 nitrogen and oxygen atoms in total. The highest BCUT2D eigenvalue weighted by molar-refractivity contribution is 5.94. The van der Waals surface area contributed by atoms with Crippen LogP contribution >= 0.6 is 0 Å². The van der Waals surface area contributed by atoms with Crippen molar-refractivity contribution in [2.45, 2.75) is 94.4 Å². The molecule has 0 radical (unpaired) electrons. The Morgan fingerprint density at radius 1 is 1.05 bits per heavy atom. The molecule has 4 aromatic rings. The van der Waals surface area contributed by atoms with Gasteiger partial charge in [0.1, 0.15) is 5.65 Å². The smallest absolute Gasteiger partial charge is 0.141 e. The second kappa shape index (κ2) is 13.3. The third-order valence-corrected chi connectivity index (χ3v) is 7.75. The average Bonchev–Trinajstić information content (AvgIpc) is 3.41. The van der Waals surface area contributed by atoms with Gasteiger partial charge in [0.25, 0.3) is 0 Å². The molecule has 1 aliphatic rings. The van der Waals surface area contributed by atoms with Gasteiger partial charge in [-0.2, -0.15) is 0 Å². The molecule has 0 saturated heterocycles. The van der Waals surface area contributed by atoms with Crippen LogP contribution in [0.25, 0.3) is 22.6 Å². The summed E-state index contributed by atoms with van der Waals surface area (Å²) >= 11 is 0. The van der Waals surface area contributed by atoms with E-state index in [4.69, 9.17) is 4.98 Å². The fourth-order valence-corrected chi connectivity index (χ4v) is 5.55. The quantitative estimate of drug-likeness (QED) is 0.244. The lowest BCUT2D eigenvalue weighted by atomic mass is 9.78. The van der Waals surface area contributed by atoms with Crippen LogP contribution in [-0.2, 0) is 6.42 Å². The summed E-state index contributed by atoms with van der Waals surface area (Å²) in [5, 5.41) is 1.36. The molecule has 2 unspecified atom stereocenters. The topological polar surface area (TPSA) is 17.3 Å². The third-order valence-electron chi connectivity index (χ3n) is 7.75. The lowest BCUT2D eigenvalue weighted by Gasteiger charge is -2.28. The number of pyridine rings is 1. The highest BCUT2D eigenvalue weighted by Gasteiger charge is 2.27. The average molecular weight is 523 g/mol. The Hall–Kier alpha value is -3.13. The number of aryl methyl sites for hydroxylation is 2. The Labute approximate surface area is 237 Å². The maximum absolute atomic E-state index is 4.78. The molecule has 0 bridgehead atoms. The Balaban J connectivity index is 0.000000322. The minimum atomic E-state index is 0.282. The molecule has 5 rings (SSSR count). The number of nitrogens with zero attached hydrogens (tertiary/aromatic N) is 2. The summed E-state index contributed by atoms with van der Waals surface area (Å²) < 4.78 is 2.29. The van der Waals surface area contributed by atoms with E-state index in [1.54, 1.807) is 0 Å². The van der Waals surface area contributed by atoms with Crippen LogP contribution in [-0.4, -0.2) is 9.38 Å². The summed E-state index contributed by atoms with van der Waals surface area (Å²) in [5.41, 5.74) is 11.0. The van der Waals surface area contributed by atoms with Crippen LogP contribution in [0.4, 0.5) is 0 Å². The molecule has 0 amide bonds. The van der Waals surface area contributed by atoms with Crippen molar-refractivity contribution in [3.63, 3.8) is 0 Å². The van der Waals surface area contributed by atoms with E-state index in [-0.39, 0.29) is 5.41 Å². The molecule has 2 atom stereocenters. The van der Waals surface area contributed by atoms with Crippen LogP contribution in [0.5, 0.6) is 0 Å². The summed E-state index contributed by atoms with van der Waals surface area (Å²) in [6, 6.07) is 13.4. The Morgan fingerprint density at radius 2 is 1.74 bits per heavy atom. The van der Waals surface area contributed by atoms with Gasteiger partial charge in [-0.15, -0.1) is 0 Å². The number of aromatic nitrogens is 2. The summed E-state index contributed by atoms with van der Waals surface area (Å²) in [6.45, 7) is 21.9. The summed E-state index contributed by atoms with van der Waals surface area (Å²) in [4.78, 5) is 4.78. The van der Waals surface area contributed by atoms with Crippen LogP contribution in [0.15, 0.2) is 67.0 Å². The van der Waals surface area contributed by atoms with Gasteiger partial charge in [-0.25, -0.2) is 4.98 Å². The fourth-order valence-electron chi connectivity index (χ4n) is 5.55. The molecule has 2 heterocycles. The molecular formula is C37H50N2. The van der Waals surface area contributed by atoms with E-state index in [0.717, 1.165) is 24.9 Å². The largest absolute Gasteiger partial charge is 0.299 e. The van der Waals surface area contributed by atoms with Crippen LogP contribution in [0.1, 0.15) is 101 Å². The molecule has 2 aromatic heterocycles. The first-order valence-corrected chi connectivity index (χ1v) is 14.9. The molecule has 208 valence electrons. The molecule has 1 aliphatic carbocycles. The minimum Gasteiger partial charge on any atom is -0.299 e. The number of benzene rings is 2. The third kappa shape index (κ3) is 7.10. The number of hydrogen-bond donors (Lipinski definition) is 0. The zero-order valence-electron chi connectivity index (χ0n) is 26.1. The zero-order valence-corrected chi connectivity index (χ0v) is 26.1. The van der Waals surface area contributed by atoms with Gasteiger partial charge in [0.2, 0.25) is 0 Å². The molecule has 0 fully saturated rings. The van der Waals surface area contributed by atoms with Crippen LogP contribution in [0.3, 0.4) is 0 Å². The molecule has 0 saturated carbocycles. The van der Waals surface area contributed by atoms with Gasteiger partial charge in [-0.3, -0.25) is 4.40 Å². The molecular weight excluding hydrogens is 472 g/mol. The monoisotopic (exact) mass is 522 g/mol. The van der Waals surface area contributed by atoms with E-state index in [1.165, 1.54) is 44.3 Å². The van der Waals surface area contributed by atoms with Crippen LogP contribution < -0.4 is 0 Å². The molecule has 0 N–H and O–H groups in total. The first-order valence-electron chi connectivity index (χ1n) is 14.9. The predicted octanol–water partition coefficient (Wildman–Crippen LogP) is 10.8. The van der Waals surface area contributed by atoms with Crippen molar-refractivity contribution in [1.82, 2.24) is 9.38 Å². The molecule has 39 heavy (non-hydrogen) atoms. The minimum absolute atomic E-state index is 0.282. The summed E-state index contributed by atoms with van der Waals surface area (Å²) in [6.07, 6.45) is 16.7. The van der Waals surface area contributed by atoms with E-state index in [9.17, 15) is 0 Å². The van der Waals surface area contributed by atoms with E-state index in [2.05, 4.69) is 127 Å². The van der Waals surface area contributed by atoms with Crippen LogP contribution in [0.2, 0.25) is 0 Å². The van der Waals surface area contributed by atoms with Crippen LogP contribution in [0, 0.1) is 32.1 Å². The van der Waals surface area contributed by atoms with Crippen molar-refractivity contribution >= 4 is 22.6 Å². The van der Waals surface area contributed by atoms with Crippen molar-refractivity contribution < 1.29 is 0 Å². The second-order valence-corrected chi connectivity index (χ2v) is 12.0. The second-order valence-electron chi connectivity index (χ2n) is 12.0. The van der Waals surface area contributed by atoms with Gasteiger partial charge < -0.3 is 0 Å². The first-order chi connectivity index (χ1) is 18.6. The van der Waals surface area contributed by atoms with Crippen molar-refractivity contribution in [2.75, 3.05) is 0 Å². The van der Waals surface area contributed by atoms with E-state index >= 15 is 0 Å². The lowest BCUT2D eigenvalue weighted by molar-refractivity contribution is 0.411. The molecule has 2 heteroatoms.